The van der Waals surface area contributed by atoms with E-state index >= 15 is 0 Å². The molecule has 5 nitrogen and oxygen atoms in total. The molecule has 5 heteroatoms. The van der Waals surface area contributed by atoms with Crippen LogP contribution in [0.5, 0.6) is 5.75 Å². The zero-order valence-corrected chi connectivity index (χ0v) is 25.8. The van der Waals surface area contributed by atoms with Gasteiger partial charge in [0, 0.05) is 12.3 Å². The summed E-state index contributed by atoms with van der Waals surface area (Å²) in [5.74, 6) is 0.270. The van der Waals surface area contributed by atoms with E-state index in [0.29, 0.717) is 13.5 Å². The maximum atomic E-state index is 9.38. The van der Waals surface area contributed by atoms with E-state index in [1.54, 1.807) is 12.1 Å². The summed E-state index contributed by atoms with van der Waals surface area (Å²) in [6.07, 6.45) is 29.9. The van der Waals surface area contributed by atoms with Gasteiger partial charge in [0.15, 0.2) is 0 Å². The van der Waals surface area contributed by atoms with Crippen molar-refractivity contribution in [1.82, 2.24) is 5.32 Å². The van der Waals surface area contributed by atoms with Crippen molar-refractivity contribution < 1.29 is 14.6 Å². The molecule has 39 heavy (non-hydrogen) atoms. The van der Waals surface area contributed by atoms with Crippen LogP contribution in [0.4, 0.5) is 5.69 Å². The minimum Gasteiger partial charge on any atom is -0.508 e. The lowest BCUT2D eigenvalue weighted by Gasteiger charge is -2.20. The van der Waals surface area contributed by atoms with Gasteiger partial charge in [-0.25, -0.2) is 0 Å². The number of aromatic hydroxyl groups is 1. The molecule has 0 saturated heterocycles. The summed E-state index contributed by atoms with van der Waals surface area (Å²) in [4.78, 5) is 0. The SMILES string of the molecule is CCCCCCCCCCCCCCCCCCCCCOCNC(CCCC)OCNc1ccc(O)cc1. The van der Waals surface area contributed by atoms with Gasteiger partial charge in [-0.15, -0.1) is 0 Å². The number of phenols is 1. The summed E-state index contributed by atoms with van der Waals surface area (Å²) in [6.45, 7) is 6.26. The van der Waals surface area contributed by atoms with Gasteiger partial charge in [-0.1, -0.05) is 136 Å². The molecule has 0 fully saturated rings. The van der Waals surface area contributed by atoms with Crippen molar-refractivity contribution in [1.29, 1.82) is 0 Å². The average molecular weight is 549 g/mol. The summed E-state index contributed by atoms with van der Waals surface area (Å²) in [5, 5.41) is 16.0. The molecule has 0 radical (unpaired) electrons. The second kappa shape index (κ2) is 28.2. The Hall–Kier alpha value is -1.30. The highest BCUT2D eigenvalue weighted by atomic mass is 16.5. The summed E-state index contributed by atoms with van der Waals surface area (Å²) < 4.78 is 11.8. The molecule has 0 heterocycles. The lowest BCUT2D eigenvalue weighted by Crippen LogP contribution is -2.35. The summed E-state index contributed by atoms with van der Waals surface area (Å²) in [6, 6.07) is 7.03. The number of rotatable bonds is 30. The second-order valence-corrected chi connectivity index (χ2v) is 11.3. The van der Waals surface area contributed by atoms with Gasteiger partial charge < -0.3 is 19.9 Å². The van der Waals surface area contributed by atoms with E-state index in [4.69, 9.17) is 9.47 Å². The molecule has 228 valence electrons. The molecule has 3 N–H and O–H groups in total. The van der Waals surface area contributed by atoms with Crippen LogP contribution in [-0.4, -0.2) is 31.4 Å². The topological polar surface area (TPSA) is 62.8 Å². The normalized spacial score (nSPS) is 12.2. The molecule has 0 saturated carbocycles. The molecule has 0 spiro atoms. The first-order valence-electron chi connectivity index (χ1n) is 16.7. The number of benzene rings is 1. The van der Waals surface area contributed by atoms with E-state index in [1.165, 1.54) is 116 Å². The first-order chi connectivity index (χ1) is 19.3. The Labute approximate surface area is 242 Å². The smallest absolute Gasteiger partial charge is 0.118 e. The summed E-state index contributed by atoms with van der Waals surface area (Å²) in [7, 11) is 0. The largest absolute Gasteiger partial charge is 0.508 e. The quantitative estimate of drug-likeness (QED) is 0.0507. The lowest BCUT2D eigenvalue weighted by molar-refractivity contribution is -0.00175. The van der Waals surface area contributed by atoms with E-state index < -0.39 is 0 Å². The number of hydrogen-bond donors (Lipinski definition) is 3. The maximum Gasteiger partial charge on any atom is 0.118 e. The number of nitrogens with one attached hydrogen (secondary N) is 2. The zero-order valence-electron chi connectivity index (χ0n) is 25.8. The Morgan fingerprint density at radius 3 is 1.54 bits per heavy atom. The third-order valence-corrected chi connectivity index (χ3v) is 7.55. The van der Waals surface area contributed by atoms with Gasteiger partial charge in [0.25, 0.3) is 0 Å². The van der Waals surface area contributed by atoms with Crippen LogP contribution in [0.15, 0.2) is 24.3 Å². The third-order valence-electron chi connectivity index (χ3n) is 7.55. The van der Waals surface area contributed by atoms with Crippen LogP contribution >= 0.6 is 0 Å². The van der Waals surface area contributed by atoms with Crippen LogP contribution in [0.25, 0.3) is 0 Å². The molecular formula is C34H64N2O3. The van der Waals surface area contributed by atoms with E-state index in [2.05, 4.69) is 24.5 Å². The van der Waals surface area contributed by atoms with Crippen molar-refractivity contribution in [3.63, 3.8) is 0 Å². The summed E-state index contributed by atoms with van der Waals surface area (Å²) >= 11 is 0. The van der Waals surface area contributed by atoms with E-state index in [9.17, 15) is 5.11 Å². The van der Waals surface area contributed by atoms with Crippen LogP contribution < -0.4 is 10.6 Å². The monoisotopic (exact) mass is 548 g/mol. The first-order valence-corrected chi connectivity index (χ1v) is 16.7. The van der Waals surface area contributed by atoms with E-state index in [-0.39, 0.29) is 12.0 Å². The average Bonchev–Trinajstić information content (AvgIpc) is 2.95. The first kappa shape index (κ1) is 35.7. The Morgan fingerprint density at radius 2 is 1.05 bits per heavy atom. The van der Waals surface area contributed by atoms with Crippen molar-refractivity contribution in [3.05, 3.63) is 24.3 Å². The third kappa shape index (κ3) is 24.2. The molecule has 1 unspecified atom stereocenters. The molecule has 1 atom stereocenters. The fraction of sp³-hybridized carbons (Fsp3) is 0.824. The standard InChI is InChI=1S/C34H64N2O3/c1-3-5-7-8-9-10-11-12-13-14-15-16-17-18-19-20-21-22-23-29-38-30-36-34(24-6-4-2)39-31-35-32-25-27-33(37)28-26-32/h25-28,34-37H,3-24,29-31H2,1-2H3. The Kier molecular flexibility index (Phi) is 25.9. The molecule has 1 aromatic carbocycles. The molecule has 1 aromatic rings. The molecule has 0 amide bonds. The number of unbranched alkanes of at least 4 members (excludes halogenated alkanes) is 19. The molecule has 0 aliphatic rings. The van der Waals surface area contributed by atoms with Crippen LogP contribution in [0.1, 0.15) is 155 Å². The predicted octanol–water partition coefficient (Wildman–Crippen LogP) is 10.3. The van der Waals surface area contributed by atoms with Gasteiger partial charge in [0.1, 0.15) is 18.7 Å². The Morgan fingerprint density at radius 1 is 0.590 bits per heavy atom. The van der Waals surface area contributed by atoms with Gasteiger partial charge in [0.2, 0.25) is 0 Å². The zero-order chi connectivity index (χ0) is 28.1. The lowest BCUT2D eigenvalue weighted by atomic mass is 10.0. The highest BCUT2D eigenvalue weighted by Gasteiger charge is 2.07. The highest BCUT2D eigenvalue weighted by Crippen LogP contribution is 2.15. The fourth-order valence-electron chi connectivity index (χ4n) is 4.95. The van der Waals surface area contributed by atoms with Gasteiger partial charge in [-0.2, -0.15) is 0 Å². The molecule has 0 aromatic heterocycles. The van der Waals surface area contributed by atoms with Crippen LogP contribution in [0.2, 0.25) is 0 Å². The van der Waals surface area contributed by atoms with Crippen molar-refractivity contribution >= 4 is 5.69 Å². The van der Waals surface area contributed by atoms with Gasteiger partial charge in [-0.05, 0) is 43.5 Å². The van der Waals surface area contributed by atoms with Crippen molar-refractivity contribution in [2.75, 3.05) is 25.4 Å². The minimum atomic E-state index is -0.0142. The maximum absolute atomic E-state index is 9.38. The molecule has 0 bridgehead atoms. The van der Waals surface area contributed by atoms with E-state index in [0.717, 1.165) is 38.0 Å². The molecule has 0 aliphatic carbocycles. The van der Waals surface area contributed by atoms with Crippen molar-refractivity contribution in [2.24, 2.45) is 0 Å². The Balaban J connectivity index is 1.83. The van der Waals surface area contributed by atoms with Crippen molar-refractivity contribution in [3.8, 4) is 5.75 Å². The van der Waals surface area contributed by atoms with Crippen molar-refractivity contribution in [2.45, 2.75) is 161 Å². The van der Waals surface area contributed by atoms with E-state index in [1.807, 2.05) is 12.1 Å². The predicted molar refractivity (Wildman–Crippen MR) is 168 cm³/mol. The number of phenolic OH excluding ortho intramolecular Hbond substituents is 1. The fourth-order valence-corrected chi connectivity index (χ4v) is 4.95. The van der Waals surface area contributed by atoms with Crippen LogP contribution in [0, 0.1) is 0 Å². The van der Waals surface area contributed by atoms with Crippen LogP contribution in [-0.2, 0) is 9.47 Å². The van der Waals surface area contributed by atoms with Gasteiger partial charge >= 0.3 is 0 Å². The number of ether oxygens (including phenoxy) is 2. The molecule has 1 rings (SSSR count). The minimum absolute atomic E-state index is 0.0142. The van der Waals surface area contributed by atoms with Gasteiger partial charge in [-0.3, -0.25) is 5.32 Å². The Bertz CT molecular complexity index is 611. The molecule has 0 aliphatic heterocycles. The van der Waals surface area contributed by atoms with Crippen LogP contribution in [0.3, 0.4) is 0 Å². The second-order valence-electron chi connectivity index (χ2n) is 11.3. The number of hydrogen-bond acceptors (Lipinski definition) is 5. The van der Waals surface area contributed by atoms with Gasteiger partial charge in [0.05, 0.1) is 6.73 Å². The summed E-state index contributed by atoms with van der Waals surface area (Å²) in [5.41, 5.74) is 0.933. The highest BCUT2D eigenvalue weighted by molar-refractivity contribution is 5.45. The molecular weight excluding hydrogens is 484 g/mol. The number of anilines is 1.